The minimum absolute atomic E-state index is 0.0216. The SMILES string of the molecule is CC(C)NC(=O)CN1CCN(C(=O)[C@@H]2CCCN2C(=O)c2cccs2)CC1. The Kier molecular flexibility index (Phi) is 6.49. The maximum atomic E-state index is 13.0. The van der Waals surface area contributed by atoms with Crippen LogP contribution in [-0.4, -0.2) is 83.8 Å². The van der Waals surface area contributed by atoms with Gasteiger partial charge in [0.15, 0.2) is 0 Å². The molecule has 1 N–H and O–H groups in total. The second-order valence-electron chi connectivity index (χ2n) is 7.46. The molecule has 2 aliphatic rings. The van der Waals surface area contributed by atoms with Gasteiger partial charge in [0.1, 0.15) is 6.04 Å². The van der Waals surface area contributed by atoms with Gasteiger partial charge in [0.2, 0.25) is 11.8 Å². The van der Waals surface area contributed by atoms with E-state index in [1.807, 2.05) is 36.3 Å². The molecule has 2 fully saturated rings. The van der Waals surface area contributed by atoms with Crippen molar-refractivity contribution < 1.29 is 14.4 Å². The molecule has 1 aromatic rings. The van der Waals surface area contributed by atoms with Crippen LogP contribution in [0.4, 0.5) is 0 Å². The Hall–Kier alpha value is -1.93. The molecule has 0 aromatic carbocycles. The van der Waals surface area contributed by atoms with E-state index in [1.54, 1.807) is 4.90 Å². The Morgan fingerprint density at radius 1 is 1.19 bits per heavy atom. The molecule has 2 saturated heterocycles. The number of carbonyl (C=O) groups excluding carboxylic acids is 3. The first-order valence-electron chi connectivity index (χ1n) is 9.60. The summed E-state index contributed by atoms with van der Waals surface area (Å²) in [4.78, 5) is 43.9. The molecule has 0 radical (unpaired) electrons. The van der Waals surface area contributed by atoms with Gasteiger partial charge >= 0.3 is 0 Å². The second kappa shape index (κ2) is 8.84. The quantitative estimate of drug-likeness (QED) is 0.812. The molecular formula is C19H28N4O3S. The van der Waals surface area contributed by atoms with Crippen LogP contribution < -0.4 is 5.32 Å². The van der Waals surface area contributed by atoms with Crippen molar-refractivity contribution in [1.29, 1.82) is 0 Å². The molecule has 3 amide bonds. The Labute approximate surface area is 164 Å². The molecule has 2 aliphatic heterocycles. The van der Waals surface area contributed by atoms with Gasteiger partial charge in [-0.05, 0) is 38.1 Å². The summed E-state index contributed by atoms with van der Waals surface area (Å²) in [7, 11) is 0. The van der Waals surface area contributed by atoms with E-state index < -0.39 is 0 Å². The van der Waals surface area contributed by atoms with E-state index in [0.29, 0.717) is 44.1 Å². The number of hydrogen-bond acceptors (Lipinski definition) is 5. The molecule has 0 saturated carbocycles. The number of amides is 3. The van der Waals surface area contributed by atoms with Crippen molar-refractivity contribution in [3.8, 4) is 0 Å². The molecule has 0 aliphatic carbocycles. The van der Waals surface area contributed by atoms with Gasteiger partial charge in [-0.1, -0.05) is 6.07 Å². The van der Waals surface area contributed by atoms with Crippen LogP contribution in [0.3, 0.4) is 0 Å². The topological polar surface area (TPSA) is 73.0 Å². The van der Waals surface area contributed by atoms with Crippen LogP contribution in [0.2, 0.25) is 0 Å². The average molecular weight is 393 g/mol. The lowest BCUT2D eigenvalue weighted by molar-refractivity contribution is -0.137. The predicted molar refractivity (Wildman–Crippen MR) is 105 cm³/mol. The molecule has 1 atom stereocenters. The Bertz CT molecular complexity index is 669. The van der Waals surface area contributed by atoms with E-state index >= 15 is 0 Å². The van der Waals surface area contributed by atoms with Gasteiger partial charge in [-0.25, -0.2) is 0 Å². The lowest BCUT2D eigenvalue weighted by atomic mass is 10.1. The number of hydrogen-bond donors (Lipinski definition) is 1. The summed E-state index contributed by atoms with van der Waals surface area (Å²) in [6.07, 6.45) is 1.59. The zero-order valence-electron chi connectivity index (χ0n) is 16.0. The smallest absolute Gasteiger partial charge is 0.264 e. The van der Waals surface area contributed by atoms with Gasteiger partial charge in [0.05, 0.1) is 11.4 Å². The Morgan fingerprint density at radius 2 is 1.93 bits per heavy atom. The third-order valence-corrected chi connectivity index (χ3v) is 5.89. The molecular weight excluding hydrogens is 364 g/mol. The fourth-order valence-electron chi connectivity index (χ4n) is 3.72. The lowest BCUT2D eigenvalue weighted by Gasteiger charge is -2.37. The molecule has 3 rings (SSSR count). The van der Waals surface area contributed by atoms with Crippen molar-refractivity contribution in [2.45, 2.75) is 38.8 Å². The van der Waals surface area contributed by atoms with Gasteiger partial charge in [0.25, 0.3) is 5.91 Å². The monoisotopic (exact) mass is 392 g/mol. The highest BCUT2D eigenvalue weighted by molar-refractivity contribution is 7.12. The predicted octanol–water partition coefficient (Wildman–Crippen LogP) is 1.02. The first-order valence-corrected chi connectivity index (χ1v) is 10.5. The van der Waals surface area contributed by atoms with Crippen molar-refractivity contribution in [3.05, 3.63) is 22.4 Å². The van der Waals surface area contributed by atoms with Crippen molar-refractivity contribution in [3.63, 3.8) is 0 Å². The molecule has 0 unspecified atom stereocenters. The van der Waals surface area contributed by atoms with Crippen molar-refractivity contribution in [2.24, 2.45) is 0 Å². The van der Waals surface area contributed by atoms with Crippen LogP contribution in [0.5, 0.6) is 0 Å². The molecule has 8 heteroatoms. The number of thiophene rings is 1. The Balaban J connectivity index is 1.52. The van der Waals surface area contributed by atoms with Gasteiger partial charge in [-0.2, -0.15) is 0 Å². The molecule has 0 spiro atoms. The largest absolute Gasteiger partial charge is 0.353 e. The van der Waals surface area contributed by atoms with Gasteiger partial charge < -0.3 is 15.1 Å². The van der Waals surface area contributed by atoms with Crippen LogP contribution in [-0.2, 0) is 9.59 Å². The molecule has 1 aromatic heterocycles. The first kappa shape index (κ1) is 19.8. The van der Waals surface area contributed by atoms with Crippen molar-refractivity contribution in [2.75, 3.05) is 39.3 Å². The normalized spacial score (nSPS) is 20.9. The van der Waals surface area contributed by atoms with Crippen LogP contribution in [0.15, 0.2) is 17.5 Å². The van der Waals surface area contributed by atoms with Gasteiger partial charge in [-0.3, -0.25) is 19.3 Å². The summed E-state index contributed by atoms with van der Waals surface area (Å²) in [5.41, 5.74) is 0. The maximum Gasteiger partial charge on any atom is 0.264 e. The molecule has 7 nitrogen and oxygen atoms in total. The first-order chi connectivity index (χ1) is 13.0. The summed E-state index contributed by atoms with van der Waals surface area (Å²) in [5, 5.41) is 4.78. The lowest BCUT2D eigenvalue weighted by Crippen LogP contribution is -2.55. The van der Waals surface area contributed by atoms with E-state index in [0.717, 1.165) is 12.8 Å². The van der Waals surface area contributed by atoms with E-state index in [2.05, 4.69) is 10.2 Å². The number of rotatable bonds is 5. The van der Waals surface area contributed by atoms with Crippen LogP contribution in [0, 0.1) is 0 Å². The summed E-state index contributed by atoms with van der Waals surface area (Å²) < 4.78 is 0. The third kappa shape index (κ3) is 4.87. The highest BCUT2D eigenvalue weighted by Crippen LogP contribution is 2.24. The van der Waals surface area contributed by atoms with E-state index in [-0.39, 0.29) is 29.8 Å². The Morgan fingerprint density at radius 3 is 2.56 bits per heavy atom. The van der Waals surface area contributed by atoms with Crippen LogP contribution in [0.1, 0.15) is 36.4 Å². The standard InChI is InChI=1S/C19H28N4O3S/c1-14(2)20-17(24)13-21-8-10-22(11-9-21)18(25)15-5-3-7-23(15)19(26)16-6-4-12-27-16/h4,6,12,14-15H,3,5,7-11,13H2,1-2H3,(H,20,24)/t15-/m0/s1. The number of carbonyl (C=O) groups is 3. The molecule has 27 heavy (non-hydrogen) atoms. The zero-order valence-corrected chi connectivity index (χ0v) is 16.8. The number of piperazine rings is 1. The fourth-order valence-corrected chi connectivity index (χ4v) is 4.40. The minimum atomic E-state index is -0.351. The van der Waals surface area contributed by atoms with Crippen molar-refractivity contribution >= 4 is 29.1 Å². The maximum absolute atomic E-state index is 13.0. The summed E-state index contributed by atoms with van der Waals surface area (Å²) in [6.45, 7) is 7.47. The summed E-state index contributed by atoms with van der Waals surface area (Å²) >= 11 is 1.42. The van der Waals surface area contributed by atoms with E-state index in [4.69, 9.17) is 0 Å². The summed E-state index contributed by atoms with van der Waals surface area (Å²) in [5.74, 6) is 0.0295. The second-order valence-corrected chi connectivity index (χ2v) is 8.41. The molecule has 3 heterocycles. The number of nitrogens with zero attached hydrogens (tertiary/aromatic N) is 3. The number of likely N-dealkylation sites (tertiary alicyclic amines) is 1. The highest BCUT2D eigenvalue weighted by atomic mass is 32.1. The van der Waals surface area contributed by atoms with E-state index in [1.165, 1.54) is 11.3 Å². The summed E-state index contributed by atoms with van der Waals surface area (Å²) in [6, 6.07) is 3.46. The average Bonchev–Trinajstić information content (AvgIpc) is 3.32. The van der Waals surface area contributed by atoms with E-state index in [9.17, 15) is 14.4 Å². The van der Waals surface area contributed by atoms with Crippen LogP contribution >= 0.6 is 11.3 Å². The highest BCUT2D eigenvalue weighted by Gasteiger charge is 2.38. The van der Waals surface area contributed by atoms with Crippen molar-refractivity contribution in [1.82, 2.24) is 20.0 Å². The van der Waals surface area contributed by atoms with Crippen LogP contribution in [0.25, 0.3) is 0 Å². The third-order valence-electron chi connectivity index (χ3n) is 5.03. The minimum Gasteiger partial charge on any atom is -0.353 e. The fraction of sp³-hybridized carbons (Fsp3) is 0.632. The van der Waals surface area contributed by atoms with Gasteiger partial charge in [-0.15, -0.1) is 11.3 Å². The molecule has 0 bridgehead atoms. The van der Waals surface area contributed by atoms with Gasteiger partial charge in [0, 0.05) is 38.8 Å². The number of nitrogens with one attached hydrogen (secondary N) is 1. The molecule has 148 valence electrons. The zero-order chi connectivity index (χ0) is 19.4.